The molecule has 2 fully saturated rings. The van der Waals surface area contributed by atoms with Gasteiger partial charge < -0.3 is 16.4 Å². The Balaban J connectivity index is 2.02. The molecular formula is C10H19N3O. The highest BCUT2D eigenvalue weighted by atomic mass is 16.2. The first-order chi connectivity index (χ1) is 6.79. The van der Waals surface area contributed by atoms with Crippen molar-refractivity contribution in [3.63, 3.8) is 0 Å². The van der Waals surface area contributed by atoms with Crippen LogP contribution in [-0.4, -0.2) is 32.1 Å². The molecule has 0 unspecified atom stereocenters. The number of hydrogen-bond donors (Lipinski definition) is 3. The van der Waals surface area contributed by atoms with Gasteiger partial charge in [-0.05, 0) is 25.3 Å². The first-order valence-corrected chi connectivity index (χ1v) is 5.49. The van der Waals surface area contributed by atoms with Crippen molar-refractivity contribution >= 4 is 5.91 Å². The molecule has 1 amide bonds. The summed E-state index contributed by atoms with van der Waals surface area (Å²) < 4.78 is 0. The van der Waals surface area contributed by atoms with Crippen molar-refractivity contribution < 1.29 is 4.79 Å². The van der Waals surface area contributed by atoms with E-state index in [1.54, 1.807) is 0 Å². The average Bonchev–Trinajstić information content (AvgIpc) is 2.72. The third kappa shape index (κ3) is 1.42. The second-order valence-electron chi connectivity index (χ2n) is 4.42. The number of carbonyl (C=O) groups excluding carboxylic acids is 1. The Bertz CT molecular complexity index is 219. The smallest absolute Gasteiger partial charge is 0.227 e. The molecule has 0 aromatic heterocycles. The second kappa shape index (κ2) is 3.87. The molecular weight excluding hydrogens is 178 g/mol. The SMILES string of the molecule is NCCNC(=O)[C@@]12CCC[C@@H]1CNC2. The maximum absolute atomic E-state index is 12.0. The van der Waals surface area contributed by atoms with Crippen LogP contribution in [0.1, 0.15) is 19.3 Å². The van der Waals surface area contributed by atoms with Gasteiger partial charge in [-0.3, -0.25) is 4.79 Å². The fourth-order valence-corrected chi connectivity index (χ4v) is 2.88. The fourth-order valence-electron chi connectivity index (χ4n) is 2.88. The Morgan fingerprint density at radius 3 is 3.29 bits per heavy atom. The van der Waals surface area contributed by atoms with Crippen molar-refractivity contribution in [3.05, 3.63) is 0 Å². The van der Waals surface area contributed by atoms with Crippen molar-refractivity contribution in [2.24, 2.45) is 17.1 Å². The number of rotatable bonds is 3. The van der Waals surface area contributed by atoms with Gasteiger partial charge in [0.25, 0.3) is 0 Å². The van der Waals surface area contributed by atoms with Gasteiger partial charge in [0.2, 0.25) is 5.91 Å². The predicted octanol–water partition coefficient (Wildman–Crippen LogP) is -0.549. The summed E-state index contributed by atoms with van der Waals surface area (Å²) in [6, 6.07) is 0. The summed E-state index contributed by atoms with van der Waals surface area (Å²) in [5.74, 6) is 0.774. The highest BCUT2D eigenvalue weighted by Crippen LogP contribution is 2.45. The fraction of sp³-hybridized carbons (Fsp3) is 0.900. The summed E-state index contributed by atoms with van der Waals surface area (Å²) in [6.07, 6.45) is 3.44. The summed E-state index contributed by atoms with van der Waals surface area (Å²) in [5, 5.41) is 6.26. The van der Waals surface area contributed by atoms with Crippen LogP contribution in [-0.2, 0) is 4.79 Å². The van der Waals surface area contributed by atoms with Crippen LogP contribution < -0.4 is 16.4 Å². The Morgan fingerprint density at radius 2 is 2.50 bits per heavy atom. The zero-order chi connectivity index (χ0) is 10.0. The molecule has 4 heteroatoms. The summed E-state index contributed by atoms with van der Waals surface area (Å²) in [4.78, 5) is 12.0. The molecule has 0 bridgehead atoms. The largest absolute Gasteiger partial charge is 0.354 e. The number of nitrogens with one attached hydrogen (secondary N) is 2. The van der Waals surface area contributed by atoms with Gasteiger partial charge in [-0.2, -0.15) is 0 Å². The Morgan fingerprint density at radius 1 is 1.64 bits per heavy atom. The van der Waals surface area contributed by atoms with E-state index in [9.17, 15) is 4.79 Å². The van der Waals surface area contributed by atoms with Gasteiger partial charge in [-0.1, -0.05) is 6.42 Å². The lowest BCUT2D eigenvalue weighted by molar-refractivity contribution is -0.131. The molecule has 1 aliphatic heterocycles. The van der Waals surface area contributed by atoms with Crippen LogP contribution in [0.25, 0.3) is 0 Å². The predicted molar refractivity (Wildman–Crippen MR) is 54.7 cm³/mol. The van der Waals surface area contributed by atoms with E-state index in [1.165, 1.54) is 12.8 Å². The highest BCUT2D eigenvalue weighted by molar-refractivity contribution is 5.84. The molecule has 4 nitrogen and oxygen atoms in total. The first kappa shape index (κ1) is 9.93. The lowest BCUT2D eigenvalue weighted by atomic mass is 9.80. The van der Waals surface area contributed by atoms with Crippen LogP contribution in [0.2, 0.25) is 0 Å². The van der Waals surface area contributed by atoms with Crippen LogP contribution in [0.3, 0.4) is 0 Å². The van der Waals surface area contributed by atoms with Crippen LogP contribution in [0.4, 0.5) is 0 Å². The van der Waals surface area contributed by atoms with E-state index < -0.39 is 0 Å². The standard InChI is InChI=1S/C10H19N3O/c11-4-5-13-9(14)10-3-1-2-8(10)6-12-7-10/h8,12H,1-7,11H2,(H,13,14)/t8-,10-/m1/s1. The van der Waals surface area contributed by atoms with E-state index in [0.29, 0.717) is 19.0 Å². The van der Waals surface area contributed by atoms with Crippen molar-refractivity contribution in [2.75, 3.05) is 26.2 Å². The van der Waals surface area contributed by atoms with Crippen LogP contribution in [0.15, 0.2) is 0 Å². The quantitative estimate of drug-likeness (QED) is 0.569. The number of nitrogens with two attached hydrogens (primary N) is 1. The van der Waals surface area contributed by atoms with E-state index in [4.69, 9.17) is 5.73 Å². The third-order valence-electron chi connectivity index (χ3n) is 3.67. The minimum Gasteiger partial charge on any atom is -0.354 e. The summed E-state index contributed by atoms with van der Waals surface area (Å²) in [6.45, 7) is 3.00. The molecule has 2 atom stereocenters. The van der Waals surface area contributed by atoms with Crippen LogP contribution in [0.5, 0.6) is 0 Å². The maximum Gasteiger partial charge on any atom is 0.227 e. The summed E-state index contributed by atoms with van der Waals surface area (Å²) in [7, 11) is 0. The topological polar surface area (TPSA) is 67.1 Å². The molecule has 0 spiro atoms. The molecule has 1 saturated heterocycles. The molecule has 1 saturated carbocycles. The van der Waals surface area contributed by atoms with E-state index in [-0.39, 0.29) is 11.3 Å². The lowest BCUT2D eigenvalue weighted by Crippen LogP contribution is -2.45. The maximum atomic E-state index is 12.0. The number of hydrogen-bond acceptors (Lipinski definition) is 3. The van der Waals surface area contributed by atoms with Crippen LogP contribution in [0, 0.1) is 11.3 Å². The Kier molecular flexibility index (Phi) is 2.74. The van der Waals surface area contributed by atoms with Crippen LogP contribution >= 0.6 is 0 Å². The van der Waals surface area contributed by atoms with Crippen molar-refractivity contribution in [3.8, 4) is 0 Å². The lowest BCUT2D eigenvalue weighted by Gasteiger charge is -2.26. The van der Waals surface area contributed by atoms with E-state index >= 15 is 0 Å². The van der Waals surface area contributed by atoms with Crippen molar-refractivity contribution in [2.45, 2.75) is 19.3 Å². The van der Waals surface area contributed by atoms with Crippen molar-refractivity contribution in [1.29, 1.82) is 0 Å². The van der Waals surface area contributed by atoms with Gasteiger partial charge in [0.05, 0.1) is 5.41 Å². The Labute approximate surface area is 84.6 Å². The van der Waals surface area contributed by atoms with Gasteiger partial charge >= 0.3 is 0 Å². The molecule has 0 radical (unpaired) electrons. The number of amides is 1. The zero-order valence-corrected chi connectivity index (χ0v) is 8.51. The molecule has 1 heterocycles. The molecule has 2 rings (SSSR count). The minimum absolute atomic E-state index is 0.102. The van der Waals surface area contributed by atoms with Gasteiger partial charge in [0.15, 0.2) is 0 Å². The minimum atomic E-state index is -0.102. The zero-order valence-electron chi connectivity index (χ0n) is 8.51. The van der Waals surface area contributed by atoms with Gasteiger partial charge in [-0.15, -0.1) is 0 Å². The molecule has 0 aromatic rings. The van der Waals surface area contributed by atoms with Crippen molar-refractivity contribution in [1.82, 2.24) is 10.6 Å². The van der Waals surface area contributed by atoms with Gasteiger partial charge in [-0.25, -0.2) is 0 Å². The first-order valence-electron chi connectivity index (χ1n) is 5.49. The summed E-state index contributed by atoms with van der Waals surface area (Å²) >= 11 is 0. The van der Waals surface area contributed by atoms with E-state index in [2.05, 4.69) is 10.6 Å². The Hall–Kier alpha value is -0.610. The highest BCUT2D eigenvalue weighted by Gasteiger charge is 2.51. The van der Waals surface area contributed by atoms with Gasteiger partial charge in [0.1, 0.15) is 0 Å². The molecule has 2 aliphatic rings. The third-order valence-corrected chi connectivity index (χ3v) is 3.67. The molecule has 4 N–H and O–H groups in total. The van der Waals surface area contributed by atoms with E-state index in [1.807, 2.05) is 0 Å². The molecule has 0 aromatic carbocycles. The normalized spacial score (nSPS) is 35.6. The van der Waals surface area contributed by atoms with E-state index in [0.717, 1.165) is 19.5 Å². The second-order valence-corrected chi connectivity index (χ2v) is 4.42. The summed E-state index contributed by atoms with van der Waals surface area (Å²) in [5.41, 5.74) is 5.28. The number of carbonyl (C=O) groups is 1. The molecule has 80 valence electrons. The molecule has 1 aliphatic carbocycles. The molecule has 14 heavy (non-hydrogen) atoms. The average molecular weight is 197 g/mol. The monoisotopic (exact) mass is 197 g/mol. The number of fused-ring (bicyclic) bond motifs is 1. The van der Waals surface area contributed by atoms with Gasteiger partial charge in [0, 0.05) is 19.6 Å².